The van der Waals surface area contributed by atoms with E-state index in [4.69, 9.17) is 0 Å². The van der Waals surface area contributed by atoms with Crippen LogP contribution in [0.2, 0.25) is 0 Å². The van der Waals surface area contributed by atoms with Crippen LogP contribution in [0.25, 0.3) is 22.3 Å². The molecule has 2 aromatic carbocycles. The third kappa shape index (κ3) is 3.24. The number of nitrogens with zero attached hydrogens (tertiary/aromatic N) is 1. The Bertz CT molecular complexity index is 999. The first-order valence-corrected chi connectivity index (χ1v) is 8.86. The second-order valence-electron chi connectivity index (χ2n) is 8.85. The number of aromatic hydroxyl groups is 1. The van der Waals surface area contributed by atoms with E-state index in [9.17, 15) is 9.90 Å². The van der Waals surface area contributed by atoms with E-state index >= 15 is 0 Å². The standard InChI is InChI=1S/C22H26N2O2/c1-21(2,3)15-11-13(12-16(18(15)25)22(4,5)6)19-23-17-10-8-7-9-14(17)20(26)24-19/h7-12,25H,1-6H3,(H,23,24,26). The highest BCUT2D eigenvalue weighted by Crippen LogP contribution is 2.41. The highest BCUT2D eigenvalue weighted by atomic mass is 16.3. The lowest BCUT2D eigenvalue weighted by Crippen LogP contribution is -2.18. The first kappa shape index (κ1) is 18.2. The lowest BCUT2D eigenvalue weighted by molar-refractivity contribution is 0.423. The van der Waals surface area contributed by atoms with Gasteiger partial charge < -0.3 is 10.1 Å². The maximum Gasteiger partial charge on any atom is 0.259 e. The summed E-state index contributed by atoms with van der Waals surface area (Å²) >= 11 is 0. The lowest BCUT2D eigenvalue weighted by Gasteiger charge is -2.28. The fraction of sp³-hybridized carbons (Fsp3) is 0.364. The molecule has 136 valence electrons. The first-order valence-electron chi connectivity index (χ1n) is 8.86. The molecule has 3 aromatic rings. The Morgan fingerprint density at radius 3 is 2.00 bits per heavy atom. The summed E-state index contributed by atoms with van der Waals surface area (Å²) in [7, 11) is 0. The lowest BCUT2D eigenvalue weighted by atomic mass is 9.78. The van der Waals surface area contributed by atoms with Crippen LogP contribution in [0.15, 0.2) is 41.2 Å². The van der Waals surface area contributed by atoms with Crippen molar-refractivity contribution in [3.05, 3.63) is 57.9 Å². The summed E-state index contributed by atoms with van der Waals surface area (Å²) in [4.78, 5) is 20.0. The molecule has 1 aromatic heterocycles. The van der Waals surface area contributed by atoms with Gasteiger partial charge in [-0.15, -0.1) is 0 Å². The summed E-state index contributed by atoms with van der Waals surface area (Å²) in [6.45, 7) is 12.4. The molecule has 0 aliphatic rings. The topological polar surface area (TPSA) is 66.0 Å². The zero-order valence-corrected chi connectivity index (χ0v) is 16.3. The van der Waals surface area contributed by atoms with Gasteiger partial charge in [0.05, 0.1) is 10.9 Å². The van der Waals surface area contributed by atoms with E-state index in [2.05, 4.69) is 51.5 Å². The van der Waals surface area contributed by atoms with Crippen LogP contribution in [0.3, 0.4) is 0 Å². The SMILES string of the molecule is CC(C)(C)c1cc(-c2nc3ccccc3c(=O)[nH]2)cc(C(C)(C)C)c1O. The Hall–Kier alpha value is -2.62. The van der Waals surface area contributed by atoms with Gasteiger partial charge in [-0.1, -0.05) is 53.7 Å². The molecule has 4 heteroatoms. The molecule has 4 nitrogen and oxygen atoms in total. The van der Waals surface area contributed by atoms with Crippen molar-refractivity contribution in [1.29, 1.82) is 0 Å². The van der Waals surface area contributed by atoms with Gasteiger partial charge in [0.2, 0.25) is 0 Å². The van der Waals surface area contributed by atoms with Crippen LogP contribution >= 0.6 is 0 Å². The summed E-state index contributed by atoms with van der Waals surface area (Å²) in [6.07, 6.45) is 0. The molecule has 3 rings (SSSR count). The van der Waals surface area contributed by atoms with Crippen LogP contribution in [-0.4, -0.2) is 15.1 Å². The summed E-state index contributed by atoms with van der Waals surface area (Å²) in [5, 5.41) is 11.4. The Balaban J connectivity index is 2.34. The number of rotatable bonds is 1. The smallest absolute Gasteiger partial charge is 0.259 e. The van der Waals surface area contributed by atoms with E-state index in [1.165, 1.54) is 0 Å². The van der Waals surface area contributed by atoms with Gasteiger partial charge in [-0.2, -0.15) is 0 Å². The van der Waals surface area contributed by atoms with Crippen LogP contribution in [0.4, 0.5) is 0 Å². The van der Waals surface area contributed by atoms with Crippen molar-refractivity contribution in [2.75, 3.05) is 0 Å². The minimum atomic E-state index is -0.239. The van der Waals surface area contributed by atoms with Crippen LogP contribution in [-0.2, 0) is 10.8 Å². The molecule has 0 bridgehead atoms. The number of aromatic amines is 1. The molecule has 0 saturated carbocycles. The van der Waals surface area contributed by atoms with Crippen molar-refractivity contribution < 1.29 is 5.11 Å². The Labute approximate surface area is 153 Å². The van der Waals surface area contributed by atoms with Gasteiger partial charge >= 0.3 is 0 Å². The number of benzene rings is 2. The molecule has 2 N–H and O–H groups in total. The van der Waals surface area contributed by atoms with E-state index < -0.39 is 0 Å². The van der Waals surface area contributed by atoms with Crippen LogP contribution in [0, 0.1) is 0 Å². The molecule has 0 spiro atoms. The van der Waals surface area contributed by atoms with Gasteiger partial charge in [0.15, 0.2) is 0 Å². The highest BCUT2D eigenvalue weighted by molar-refractivity contribution is 5.79. The number of para-hydroxylation sites is 1. The van der Waals surface area contributed by atoms with Crippen molar-refractivity contribution in [1.82, 2.24) is 9.97 Å². The van der Waals surface area contributed by atoms with Gasteiger partial charge in [-0.25, -0.2) is 4.98 Å². The zero-order valence-electron chi connectivity index (χ0n) is 16.3. The largest absolute Gasteiger partial charge is 0.507 e. The number of hydrogen-bond acceptors (Lipinski definition) is 3. The van der Waals surface area contributed by atoms with Crippen molar-refractivity contribution in [3.63, 3.8) is 0 Å². The minimum Gasteiger partial charge on any atom is -0.507 e. The molecular formula is C22H26N2O2. The predicted molar refractivity (Wildman–Crippen MR) is 107 cm³/mol. The predicted octanol–water partition coefficient (Wildman–Crippen LogP) is 4.89. The quantitative estimate of drug-likeness (QED) is 0.656. The van der Waals surface area contributed by atoms with Gasteiger partial charge in [0, 0.05) is 16.7 Å². The number of aromatic nitrogens is 2. The average Bonchev–Trinajstić information content (AvgIpc) is 2.52. The van der Waals surface area contributed by atoms with Crippen LogP contribution in [0.1, 0.15) is 52.7 Å². The minimum absolute atomic E-state index is 0.159. The van der Waals surface area contributed by atoms with E-state index in [-0.39, 0.29) is 16.4 Å². The van der Waals surface area contributed by atoms with E-state index in [0.29, 0.717) is 22.5 Å². The van der Waals surface area contributed by atoms with Crippen molar-refractivity contribution >= 4 is 10.9 Å². The monoisotopic (exact) mass is 350 g/mol. The van der Waals surface area contributed by atoms with E-state index in [1.807, 2.05) is 30.3 Å². The second-order valence-corrected chi connectivity index (χ2v) is 8.85. The molecule has 0 aliphatic heterocycles. The number of phenols is 1. The second kappa shape index (κ2) is 5.97. The Kier molecular flexibility index (Phi) is 4.18. The molecule has 0 radical (unpaired) electrons. The zero-order chi connectivity index (χ0) is 19.3. The van der Waals surface area contributed by atoms with Gasteiger partial charge in [0.25, 0.3) is 5.56 Å². The average molecular weight is 350 g/mol. The summed E-state index contributed by atoms with van der Waals surface area (Å²) in [6, 6.07) is 11.2. The number of fused-ring (bicyclic) bond motifs is 1. The van der Waals surface area contributed by atoms with Crippen LogP contribution < -0.4 is 5.56 Å². The van der Waals surface area contributed by atoms with E-state index in [1.54, 1.807) is 6.07 Å². The van der Waals surface area contributed by atoms with Crippen molar-refractivity contribution in [3.8, 4) is 17.1 Å². The number of hydrogen-bond donors (Lipinski definition) is 2. The highest BCUT2D eigenvalue weighted by Gasteiger charge is 2.27. The summed E-state index contributed by atoms with van der Waals surface area (Å²) in [5.74, 6) is 0.835. The van der Waals surface area contributed by atoms with Gasteiger partial charge in [-0.05, 0) is 35.1 Å². The maximum absolute atomic E-state index is 12.5. The van der Waals surface area contributed by atoms with Crippen molar-refractivity contribution in [2.45, 2.75) is 52.4 Å². The number of H-pyrrole nitrogens is 1. The molecule has 1 heterocycles. The molecular weight excluding hydrogens is 324 g/mol. The molecule has 0 fully saturated rings. The molecule has 0 amide bonds. The fourth-order valence-corrected chi connectivity index (χ4v) is 3.14. The van der Waals surface area contributed by atoms with Gasteiger partial charge in [-0.3, -0.25) is 4.79 Å². The number of nitrogens with one attached hydrogen (secondary N) is 1. The third-order valence-corrected chi connectivity index (χ3v) is 4.61. The van der Waals surface area contributed by atoms with Crippen LogP contribution in [0.5, 0.6) is 5.75 Å². The van der Waals surface area contributed by atoms with E-state index in [0.717, 1.165) is 16.7 Å². The van der Waals surface area contributed by atoms with Gasteiger partial charge in [0.1, 0.15) is 11.6 Å². The maximum atomic E-state index is 12.5. The molecule has 0 atom stereocenters. The Morgan fingerprint density at radius 1 is 0.923 bits per heavy atom. The van der Waals surface area contributed by atoms with Crippen molar-refractivity contribution in [2.24, 2.45) is 0 Å². The summed E-state index contributed by atoms with van der Waals surface area (Å²) < 4.78 is 0. The Morgan fingerprint density at radius 2 is 1.46 bits per heavy atom. The third-order valence-electron chi connectivity index (χ3n) is 4.61. The first-order chi connectivity index (χ1) is 12.0. The summed E-state index contributed by atoms with van der Waals surface area (Å²) in [5.41, 5.74) is 2.52. The molecule has 26 heavy (non-hydrogen) atoms. The number of phenolic OH excluding ortho intramolecular Hbond substituents is 1. The molecule has 0 unspecified atom stereocenters. The normalized spacial score (nSPS) is 12.5. The molecule has 0 saturated heterocycles. The fourth-order valence-electron chi connectivity index (χ4n) is 3.14. The molecule has 0 aliphatic carbocycles.